The third-order valence-corrected chi connectivity index (χ3v) is 3.90. The molecule has 4 aliphatic rings. The lowest BCUT2D eigenvalue weighted by atomic mass is 9.97. The quantitative estimate of drug-likeness (QED) is 0.579. The summed E-state index contributed by atoms with van der Waals surface area (Å²) in [6, 6.07) is 0. The molecule has 19 heavy (non-hydrogen) atoms. The summed E-state index contributed by atoms with van der Waals surface area (Å²) in [4.78, 5) is 0. The zero-order chi connectivity index (χ0) is 12.7. The van der Waals surface area contributed by atoms with E-state index >= 15 is 0 Å². The molecule has 0 aromatic heterocycles. The Morgan fingerprint density at radius 3 is 2.16 bits per heavy atom. The van der Waals surface area contributed by atoms with Crippen LogP contribution in [0.5, 0.6) is 0 Å². The van der Waals surface area contributed by atoms with E-state index in [9.17, 15) is 0 Å². The number of allylic oxidation sites excluding steroid dienone is 18. The molecule has 0 radical (unpaired) electrons. The van der Waals surface area contributed by atoms with Gasteiger partial charge < -0.3 is 0 Å². The minimum Gasteiger partial charge on any atom is -0.0716 e. The van der Waals surface area contributed by atoms with Gasteiger partial charge in [0.25, 0.3) is 0 Å². The fourth-order valence-electron chi connectivity index (χ4n) is 3.08. The standard InChI is InChI=1S/C19H14/c1-2-6-10-16-15(9-5-1)17-11-7-3-4-8-14-12-13-18(16)19(14)17/h1-11,13H,12H2/b2-1?,4-3?,5-1?,6-2?,7-3?,8-4?,9-5?,10-6-,11-7?,14-8?,15-9?,16-10?,17-11?. The Balaban J connectivity index is 2.00. The maximum Gasteiger partial charge on any atom is -0.00668 e. The molecule has 0 heterocycles. The second-order valence-corrected chi connectivity index (χ2v) is 4.98. The van der Waals surface area contributed by atoms with Gasteiger partial charge in [-0.3, -0.25) is 0 Å². The summed E-state index contributed by atoms with van der Waals surface area (Å²) in [6.45, 7) is 0. The van der Waals surface area contributed by atoms with Crippen LogP contribution >= 0.6 is 0 Å². The van der Waals surface area contributed by atoms with Crippen LogP contribution in [-0.2, 0) is 0 Å². The molecule has 4 aliphatic carbocycles. The first kappa shape index (κ1) is 10.6. The van der Waals surface area contributed by atoms with Crippen LogP contribution in [0, 0.1) is 0 Å². The van der Waals surface area contributed by atoms with E-state index in [4.69, 9.17) is 0 Å². The Labute approximate surface area is 113 Å². The molecule has 0 N–H and O–H groups in total. The summed E-state index contributed by atoms with van der Waals surface area (Å²) in [5, 5.41) is 0. The maximum absolute atomic E-state index is 2.36. The number of hydrogen-bond donors (Lipinski definition) is 0. The molecule has 0 saturated carbocycles. The van der Waals surface area contributed by atoms with Crippen molar-refractivity contribution in [1.82, 2.24) is 0 Å². The lowest BCUT2D eigenvalue weighted by Crippen LogP contribution is -1.89. The SMILES string of the molecule is C1=CC=C2C3=C(/C=C\C=CC=C3)C3=CCC(=C23)C=C1. The molecule has 0 atom stereocenters. The Hall–Kier alpha value is -2.34. The van der Waals surface area contributed by atoms with Crippen LogP contribution in [0.25, 0.3) is 0 Å². The van der Waals surface area contributed by atoms with Gasteiger partial charge in [0.15, 0.2) is 0 Å². The van der Waals surface area contributed by atoms with E-state index in [-0.39, 0.29) is 0 Å². The van der Waals surface area contributed by atoms with Crippen LogP contribution in [-0.4, -0.2) is 0 Å². The average Bonchev–Trinajstić information content (AvgIpc) is 2.84. The molecule has 0 nitrogen and oxygen atoms in total. The molecule has 0 spiro atoms. The minimum atomic E-state index is 1.05. The van der Waals surface area contributed by atoms with Crippen molar-refractivity contribution in [2.45, 2.75) is 6.42 Å². The molecule has 90 valence electrons. The van der Waals surface area contributed by atoms with Gasteiger partial charge in [-0.25, -0.2) is 0 Å². The number of hydrogen-bond acceptors (Lipinski definition) is 0. The predicted molar refractivity (Wildman–Crippen MR) is 80.5 cm³/mol. The zero-order valence-corrected chi connectivity index (χ0v) is 10.6. The highest BCUT2D eigenvalue weighted by atomic mass is 14.3. The van der Waals surface area contributed by atoms with Crippen molar-refractivity contribution >= 4 is 0 Å². The van der Waals surface area contributed by atoms with E-state index in [1.807, 2.05) is 0 Å². The molecule has 0 unspecified atom stereocenters. The first-order valence-electron chi connectivity index (χ1n) is 6.71. The van der Waals surface area contributed by atoms with Gasteiger partial charge >= 0.3 is 0 Å². The molecule has 0 heteroatoms. The molecular formula is C19H14. The lowest BCUT2D eigenvalue weighted by molar-refractivity contribution is 1.30. The van der Waals surface area contributed by atoms with Crippen molar-refractivity contribution in [1.29, 1.82) is 0 Å². The van der Waals surface area contributed by atoms with E-state index in [0.717, 1.165) is 6.42 Å². The van der Waals surface area contributed by atoms with Gasteiger partial charge in [-0.05, 0) is 39.9 Å². The molecule has 0 bridgehead atoms. The van der Waals surface area contributed by atoms with Gasteiger partial charge in [0.1, 0.15) is 0 Å². The Kier molecular flexibility index (Phi) is 2.28. The second kappa shape index (κ2) is 4.10. The van der Waals surface area contributed by atoms with E-state index < -0.39 is 0 Å². The Morgan fingerprint density at radius 1 is 0.632 bits per heavy atom. The monoisotopic (exact) mass is 242 g/mol. The van der Waals surface area contributed by atoms with E-state index in [1.54, 1.807) is 0 Å². The number of rotatable bonds is 0. The lowest BCUT2D eigenvalue weighted by Gasteiger charge is -2.06. The van der Waals surface area contributed by atoms with Crippen LogP contribution in [0.1, 0.15) is 6.42 Å². The highest BCUT2D eigenvalue weighted by molar-refractivity contribution is 5.81. The van der Waals surface area contributed by atoms with Gasteiger partial charge in [0, 0.05) is 0 Å². The molecular weight excluding hydrogens is 228 g/mol. The molecule has 0 aromatic carbocycles. The summed E-state index contributed by atoms with van der Waals surface area (Å²) in [7, 11) is 0. The summed E-state index contributed by atoms with van der Waals surface area (Å²) >= 11 is 0. The smallest absolute Gasteiger partial charge is 0.00668 e. The van der Waals surface area contributed by atoms with Crippen LogP contribution < -0.4 is 0 Å². The highest BCUT2D eigenvalue weighted by Crippen LogP contribution is 2.48. The molecule has 0 aliphatic heterocycles. The maximum atomic E-state index is 2.36. The van der Waals surface area contributed by atoms with Crippen LogP contribution in [0.2, 0.25) is 0 Å². The second-order valence-electron chi connectivity index (χ2n) is 4.98. The van der Waals surface area contributed by atoms with Gasteiger partial charge in [0.2, 0.25) is 0 Å². The minimum absolute atomic E-state index is 1.05. The van der Waals surface area contributed by atoms with Crippen molar-refractivity contribution in [2.24, 2.45) is 0 Å². The van der Waals surface area contributed by atoms with Crippen molar-refractivity contribution in [3.63, 3.8) is 0 Å². The summed E-state index contributed by atoms with van der Waals surface area (Å²) in [5.41, 5.74) is 8.35. The number of fused-ring (bicyclic) bond motifs is 2. The van der Waals surface area contributed by atoms with E-state index in [0.29, 0.717) is 0 Å². The van der Waals surface area contributed by atoms with Crippen molar-refractivity contribution < 1.29 is 0 Å². The van der Waals surface area contributed by atoms with Crippen LogP contribution in [0.3, 0.4) is 0 Å². The largest absolute Gasteiger partial charge is 0.0716 e. The van der Waals surface area contributed by atoms with Gasteiger partial charge in [-0.15, -0.1) is 0 Å². The summed E-state index contributed by atoms with van der Waals surface area (Å²) in [6.07, 6.45) is 27.1. The average molecular weight is 242 g/mol. The third kappa shape index (κ3) is 1.53. The van der Waals surface area contributed by atoms with E-state index in [1.165, 1.54) is 33.4 Å². The van der Waals surface area contributed by atoms with Crippen LogP contribution in [0.15, 0.2) is 106 Å². The normalized spacial score (nSPS) is 24.4. The molecule has 4 rings (SSSR count). The Morgan fingerprint density at radius 2 is 1.32 bits per heavy atom. The van der Waals surface area contributed by atoms with E-state index in [2.05, 4.69) is 72.9 Å². The topological polar surface area (TPSA) is 0 Å². The molecule has 0 aromatic rings. The Bertz CT molecular complexity index is 720. The van der Waals surface area contributed by atoms with Gasteiger partial charge in [-0.1, -0.05) is 72.9 Å². The molecule has 0 saturated heterocycles. The summed E-state index contributed by atoms with van der Waals surface area (Å²) < 4.78 is 0. The van der Waals surface area contributed by atoms with Gasteiger partial charge in [0.05, 0.1) is 0 Å². The van der Waals surface area contributed by atoms with Crippen molar-refractivity contribution in [2.75, 3.05) is 0 Å². The van der Waals surface area contributed by atoms with Crippen LogP contribution in [0.4, 0.5) is 0 Å². The fourth-order valence-corrected chi connectivity index (χ4v) is 3.08. The third-order valence-electron chi connectivity index (χ3n) is 3.90. The highest BCUT2D eigenvalue weighted by Gasteiger charge is 2.31. The first-order valence-corrected chi connectivity index (χ1v) is 6.71. The van der Waals surface area contributed by atoms with Gasteiger partial charge in [-0.2, -0.15) is 0 Å². The summed E-state index contributed by atoms with van der Waals surface area (Å²) in [5.74, 6) is 0. The molecule has 0 amide bonds. The van der Waals surface area contributed by atoms with Crippen molar-refractivity contribution in [3.8, 4) is 0 Å². The zero-order valence-electron chi connectivity index (χ0n) is 10.6. The fraction of sp³-hybridized carbons (Fsp3) is 0.0526. The molecule has 0 fully saturated rings. The van der Waals surface area contributed by atoms with Crippen molar-refractivity contribution in [3.05, 3.63) is 106 Å². The predicted octanol–water partition coefficient (Wildman–Crippen LogP) is 4.66. The first-order chi connectivity index (χ1) is 9.45.